The SMILES string of the molecule is CC(C)(C#N)CCCCN1CCN2C(=O)CCC2C1. The minimum atomic E-state index is -0.184. The lowest BCUT2D eigenvalue weighted by molar-refractivity contribution is -0.130. The lowest BCUT2D eigenvalue weighted by Gasteiger charge is -2.37. The van der Waals surface area contributed by atoms with Crippen molar-refractivity contribution in [3.63, 3.8) is 0 Å². The van der Waals surface area contributed by atoms with Gasteiger partial charge in [0.2, 0.25) is 5.91 Å². The molecule has 0 N–H and O–H groups in total. The number of nitriles is 1. The Labute approximate surface area is 116 Å². The van der Waals surface area contributed by atoms with Gasteiger partial charge in [-0.05, 0) is 39.7 Å². The molecule has 2 heterocycles. The molecule has 0 aliphatic carbocycles. The molecule has 0 aromatic rings. The third kappa shape index (κ3) is 3.70. The molecule has 106 valence electrons. The minimum Gasteiger partial charge on any atom is -0.337 e. The number of hydrogen-bond donors (Lipinski definition) is 0. The van der Waals surface area contributed by atoms with Gasteiger partial charge in [0.15, 0.2) is 0 Å². The fourth-order valence-electron chi connectivity index (χ4n) is 3.09. The van der Waals surface area contributed by atoms with Crippen LogP contribution in [0.25, 0.3) is 0 Å². The highest BCUT2D eigenvalue weighted by Crippen LogP contribution is 2.24. The minimum absolute atomic E-state index is 0.184. The molecule has 1 unspecified atom stereocenters. The quantitative estimate of drug-likeness (QED) is 0.713. The van der Waals surface area contributed by atoms with Crippen LogP contribution in [0, 0.1) is 16.7 Å². The number of fused-ring (bicyclic) bond motifs is 1. The van der Waals surface area contributed by atoms with E-state index in [1.807, 2.05) is 13.8 Å². The van der Waals surface area contributed by atoms with E-state index in [2.05, 4.69) is 15.9 Å². The monoisotopic (exact) mass is 263 g/mol. The van der Waals surface area contributed by atoms with Crippen molar-refractivity contribution in [1.82, 2.24) is 9.80 Å². The molecule has 0 aromatic heterocycles. The van der Waals surface area contributed by atoms with Gasteiger partial charge in [0.25, 0.3) is 0 Å². The van der Waals surface area contributed by atoms with Crippen molar-refractivity contribution in [2.24, 2.45) is 5.41 Å². The summed E-state index contributed by atoms with van der Waals surface area (Å²) in [6.07, 6.45) is 5.03. The van der Waals surface area contributed by atoms with Crippen LogP contribution >= 0.6 is 0 Å². The van der Waals surface area contributed by atoms with Crippen molar-refractivity contribution in [3.8, 4) is 6.07 Å². The Balaban J connectivity index is 1.66. The molecule has 1 atom stereocenters. The van der Waals surface area contributed by atoms with Gasteiger partial charge >= 0.3 is 0 Å². The van der Waals surface area contributed by atoms with Crippen molar-refractivity contribution in [2.45, 2.75) is 52.0 Å². The molecule has 2 saturated heterocycles. The second-order valence-corrected chi connectivity index (χ2v) is 6.53. The lowest BCUT2D eigenvalue weighted by atomic mass is 9.89. The molecule has 2 rings (SSSR count). The first kappa shape index (κ1) is 14.3. The third-order valence-electron chi connectivity index (χ3n) is 4.41. The van der Waals surface area contributed by atoms with E-state index in [4.69, 9.17) is 5.26 Å². The van der Waals surface area contributed by atoms with Crippen LogP contribution in [0.3, 0.4) is 0 Å². The molecular weight excluding hydrogens is 238 g/mol. The van der Waals surface area contributed by atoms with Crippen LogP contribution < -0.4 is 0 Å². The predicted octanol–water partition coefficient (Wildman–Crippen LogP) is 2.01. The van der Waals surface area contributed by atoms with Crippen LogP contribution in [-0.2, 0) is 4.79 Å². The highest BCUT2D eigenvalue weighted by molar-refractivity contribution is 5.78. The third-order valence-corrected chi connectivity index (χ3v) is 4.41. The van der Waals surface area contributed by atoms with Gasteiger partial charge in [0, 0.05) is 32.1 Å². The highest BCUT2D eigenvalue weighted by Gasteiger charge is 2.35. The Morgan fingerprint density at radius 3 is 2.89 bits per heavy atom. The molecule has 0 aromatic carbocycles. The fourth-order valence-corrected chi connectivity index (χ4v) is 3.09. The van der Waals surface area contributed by atoms with E-state index in [-0.39, 0.29) is 5.41 Å². The summed E-state index contributed by atoms with van der Waals surface area (Å²) in [6.45, 7) is 8.11. The van der Waals surface area contributed by atoms with Crippen LogP contribution in [0.2, 0.25) is 0 Å². The topological polar surface area (TPSA) is 47.3 Å². The summed E-state index contributed by atoms with van der Waals surface area (Å²) < 4.78 is 0. The smallest absolute Gasteiger partial charge is 0.222 e. The second kappa shape index (κ2) is 5.92. The normalized spacial score (nSPS) is 24.4. The number of rotatable bonds is 5. The summed E-state index contributed by atoms with van der Waals surface area (Å²) in [6, 6.07) is 2.83. The van der Waals surface area contributed by atoms with Crippen molar-refractivity contribution < 1.29 is 4.79 Å². The maximum absolute atomic E-state index is 11.6. The molecule has 0 radical (unpaired) electrons. The van der Waals surface area contributed by atoms with E-state index in [1.54, 1.807) is 0 Å². The summed E-state index contributed by atoms with van der Waals surface area (Å²) in [5, 5.41) is 8.97. The molecule has 2 aliphatic rings. The van der Waals surface area contributed by atoms with E-state index in [0.717, 1.165) is 58.3 Å². The average molecular weight is 263 g/mol. The van der Waals surface area contributed by atoms with Gasteiger partial charge < -0.3 is 4.90 Å². The average Bonchev–Trinajstić information content (AvgIpc) is 2.76. The van der Waals surface area contributed by atoms with Gasteiger partial charge in [-0.2, -0.15) is 5.26 Å². The first-order chi connectivity index (χ1) is 9.02. The standard InChI is InChI=1S/C15H25N3O/c1-15(2,12-16)7-3-4-8-17-9-10-18-13(11-17)5-6-14(18)19/h13H,3-11H2,1-2H3. The Kier molecular flexibility index (Phi) is 4.46. The molecule has 0 spiro atoms. The summed E-state index contributed by atoms with van der Waals surface area (Å²) in [7, 11) is 0. The molecule has 4 heteroatoms. The number of carbonyl (C=O) groups is 1. The van der Waals surface area contributed by atoms with Gasteiger partial charge in [-0.15, -0.1) is 0 Å². The lowest BCUT2D eigenvalue weighted by Crippen LogP contribution is -2.51. The molecule has 1 amide bonds. The molecule has 4 nitrogen and oxygen atoms in total. The summed E-state index contributed by atoms with van der Waals surface area (Å²) in [5.74, 6) is 0.348. The van der Waals surface area contributed by atoms with Crippen LogP contribution in [0.5, 0.6) is 0 Å². The molecule has 19 heavy (non-hydrogen) atoms. The fraction of sp³-hybridized carbons (Fsp3) is 0.867. The highest BCUT2D eigenvalue weighted by atomic mass is 16.2. The largest absolute Gasteiger partial charge is 0.337 e. The summed E-state index contributed by atoms with van der Waals surface area (Å²) in [5.41, 5.74) is -0.184. The molecule has 0 bridgehead atoms. The van der Waals surface area contributed by atoms with Gasteiger partial charge in [-0.3, -0.25) is 9.69 Å². The van der Waals surface area contributed by atoms with Crippen LogP contribution in [0.15, 0.2) is 0 Å². The molecular formula is C15H25N3O. The maximum Gasteiger partial charge on any atom is 0.222 e. The van der Waals surface area contributed by atoms with Gasteiger partial charge in [-0.1, -0.05) is 6.42 Å². The zero-order valence-electron chi connectivity index (χ0n) is 12.2. The van der Waals surface area contributed by atoms with Crippen molar-refractivity contribution in [1.29, 1.82) is 5.26 Å². The van der Waals surface area contributed by atoms with E-state index >= 15 is 0 Å². The number of piperazine rings is 1. The second-order valence-electron chi connectivity index (χ2n) is 6.53. The summed E-state index contributed by atoms with van der Waals surface area (Å²) in [4.78, 5) is 16.1. The molecule has 0 saturated carbocycles. The van der Waals surface area contributed by atoms with Crippen LogP contribution in [0.1, 0.15) is 46.0 Å². The first-order valence-corrected chi connectivity index (χ1v) is 7.45. The van der Waals surface area contributed by atoms with Crippen LogP contribution in [0.4, 0.5) is 0 Å². The van der Waals surface area contributed by atoms with Gasteiger partial charge in [0.1, 0.15) is 0 Å². The predicted molar refractivity (Wildman–Crippen MR) is 74.4 cm³/mol. The zero-order chi connectivity index (χ0) is 13.9. The van der Waals surface area contributed by atoms with E-state index in [0.29, 0.717) is 11.9 Å². The Bertz CT molecular complexity index is 372. The Morgan fingerprint density at radius 2 is 2.16 bits per heavy atom. The van der Waals surface area contributed by atoms with Crippen molar-refractivity contribution >= 4 is 5.91 Å². The Morgan fingerprint density at radius 1 is 1.37 bits per heavy atom. The number of unbranched alkanes of at least 4 members (excludes halogenated alkanes) is 1. The maximum atomic E-state index is 11.6. The number of amides is 1. The van der Waals surface area contributed by atoms with E-state index in [1.165, 1.54) is 0 Å². The summed E-state index contributed by atoms with van der Waals surface area (Å²) >= 11 is 0. The zero-order valence-corrected chi connectivity index (χ0v) is 12.2. The van der Waals surface area contributed by atoms with E-state index in [9.17, 15) is 4.79 Å². The van der Waals surface area contributed by atoms with Gasteiger partial charge in [-0.25, -0.2) is 0 Å². The molecule has 2 fully saturated rings. The number of carbonyl (C=O) groups excluding carboxylic acids is 1. The number of nitrogens with zero attached hydrogens (tertiary/aromatic N) is 3. The molecule has 2 aliphatic heterocycles. The van der Waals surface area contributed by atoms with Crippen LogP contribution in [-0.4, -0.2) is 47.9 Å². The Hall–Kier alpha value is -1.08. The number of hydrogen-bond acceptors (Lipinski definition) is 3. The van der Waals surface area contributed by atoms with E-state index < -0.39 is 0 Å². The van der Waals surface area contributed by atoms with Crippen molar-refractivity contribution in [2.75, 3.05) is 26.2 Å². The first-order valence-electron chi connectivity index (χ1n) is 7.45. The van der Waals surface area contributed by atoms with Crippen molar-refractivity contribution in [3.05, 3.63) is 0 Å². The van der Waals surface area contributed by atoms with Gasteiger partial charge in [0.05, 0.1) is 11.5 Å².